The molecule has 6 nitrogen and oxygen atoms in total. The molecule has 7 heteroatoms. The first-order valence-corrected chi connectivity index (χ1v) is 10.3. The quantitative estimate of drug-likeness (QED) is 0.266. The van der Waals surface area contributed by atoms with E-state index < -0.39 is 0 Å². The number of ether oxygens (including phenoxy) is 1. The Kier molecular flexibility index (Phi) is 7.95. The number of benzene rings is 2. The van der Waals surface area contributed by atoms with Crippen LogP contribution in [0.2, 0.25) is 0 Å². The molecule has 30 heavy (non-hydrogen) atoms. The first-order chi connectivity index (χ1) is 14.2. The van der Waals surface area contributed by atoms with E-state index in [9.17, 15) is 4.79 Å². The van der Waals surface area contributed by atoms with Gasteiger partial charge in [-0.2, -0.15) is 0 Å². The van der Waals surface area contributed by atoms with Crippen LogP contribution in [0.4, 0.5) is 0 Å². The summed E-state index contributed by atoms with van der Waals surface area (Å²) in [7, 11) is 1.76. The highest BCUT2D eigenvalue weighted by Crippen LogP contribution is 2.27. The summed E-state index contributed by atoms with van der Waals surface area (Å²) < 4.78 is 5.95. The van der Waals surface area contributed by atoms with Crippen LogP contribution >= 0.6 is 24.0 Å². The van der Waals surface area contributed by atoms with E-state index in [4.69, 9.17) is 4.74 Å². The Bertz CT molecular complexity index is 852. The highest BCUT2D eigenvalue weighted by Gasteiger charge is 2.23. The molecule has 0 saturated heterocycles. The van der Waals surface area contributed by atoms with Gasteiger partial charge in [0.2, 0.25) is 5.91 Å². The van der Waals surface area contributed by atoms with E-state index in [0.29, 0.717) is 19.5 Å². The van der Waals surface area contributed by atoms with Crippen molar-refractivity contribution in [1.82, 2.24) is 15.5 Å². The van der Waals surface area contributed by atoms with Crippen LogP contribution in [0, 0.1) is 0 Å². The van der Waals surface area contributed by atoms with Gasteiger partial charge in [0.1, 0.15) is 11.9 Å². The lowest BCUT2D eigenvalue weighted by Gasteiger charge is -2.17. The maximum atomic E-state index is 12.5. The molecular formula is C23H29IN4O2. The third-order valence-corrected chi connectivity index (χ3v) is 5.49. The molecule has 2 N–H and O–H groups in total. The lowest BCUT2D eigenvalue weighted by Crippen LogP contribution is -2.42. The molecule has 1 atom stereocenters. The van der Waals surface area contributed by atoms with E-state index in [0.717, 1.165) is 37.6 Å². The van der Waals surface area contributed by atoms with Gasteiger partial charge in [-0.15, -0.1) is 24.0 Å². The molecule has 2 aromatic carbocycles. The second-order valence-corrected chi connectivity index (χ2v) is 7.55. The lowest BCUT2D eigenvalue weighted by atomic mass is 10.1. The van der Waals surface area contributed by atoms with E-state index in [2.05, 4.69) is 33.8 Å². The SMILES string of the molecule is CN=C(NCCCC(=O)N1Cc2ccccc2C1)NCC1Cc2ccccc2O1.I. The highest BCUT2D eigenvalue weighted by atomic mass is 127. The molecule has 0 radical (unpaired) electrons. The van der Waals surface area contributed by atoms with Crippen molar-refractivity contribution in [2.24, 2.45) is 4.99 Å². The number of nitrogens with one attached hydrogen (secondary N) is 2. The summed E-state index contributed by atoms with van der Waals surface area (Å²) in [4.78, 5) is 18.7. The number of fused-ring (bicyclic) bond motifs is 2. The van der Waals surface area contributed by atoms with Gasteiger partial charge in [0, 0.05) is 39.5 Å². The molecule has 0 fully saturated rings. The maximum Gasteiger partial charge on any atom is 0.223 e. The number of guanidine groups is 1. The number of carbonyl (C=O) groups excluding carboxylic acids is 1. The van der Waals surface area contributed by atoms with Crippen LogP contribution in [-0.2, 0) is 24.3 Å². The number of hydrogen-bond acceptors (Lipinski definition) is 3. The van der Waals surface area contributed by atoms with E-state index in [1.165, 1.54) is 16.7 Å². The van der Waals surface area contributed by atoms with E-state index >= 15 is 0 Å². The molecule has 2 aliphatic heterocycles. The third-order valence-electron chi connectivity index (χ3n) is 5.49. The number of carbonyl (C=O) groups is 1. The minimum Gasteiger partial charge on any atom is -0.488 e. The Labute approximate surface area is 195 Å². The Balaban J connectivity index is 0.00000256. The minimum atomic E-state index is 0. The molecular weight excluding hydrogens is 491 g/mol. The van der Waals surface area contributed by atoms with Crippen molar-refractivity contribution in [3.05, 3.63) is 65.2 Å². The fourth-order valence-corrected chi connectivity index (χ4v) is 3.91. The molecule has 0 bridgehead atoms. The number of amides is 1. The van der Waals surface area contributed by atoms with Crippen molar-refractivity contribution in [3.8, 4) is 5.75 Å². The summed E-state index contributed by atoms with van der Waals surface area (Å²) in [5.41, 5.74) is 3.78. The molecule has 0 aromatic heterocycles. The normalized spacial score (nSPS) is 16.9. The van der Waals surface area contributed by atoms with Crippen LogP contribution in [0.3, 0.4) is 0 Å². The standard InChI is InChI=1S/C23H28N4O2.HI/c1-24-23(26-14-20-13-17-7-4-5-10-21(17)29-20)25-12-6-11-22(28)27-15-18-8-2-3-9-19(18)16-27;/h2-5,7-10,20H,6,11-16H2,1H3,(H2,24,25,26);1H. The zero-order valence-electron chi connectivity index (χ0n) is 17.3. The van der Waals surface area contributed by atoms with Crippen molar-refractivity contribution < 1.29 is 9.53 Å². The van der Waals surface area contributed by atoms with E-state index in [1.54, 1.807) is 7.05 Å². The van der Waals surface area contributed by atoms with Gasteiger partial charge in [0.05, 0.1) is 6.54 Å². The predicted octanol–water partition coefficient (Wildman–Crippen LogP) is 3.10. The number of halogens is 1. The van der Waals surface area contributed by atoms with Gasteiger partial charge < -0.3 is 20.3 Å². The van der Waals surface area contributed by atoms with Gasteiger partial charge >= 0.3 is 0 Å². The van der Waals surface area contributed by atoms with Gasteiger partial charge in [-0.1, -0.05) is 42.5 Å². The second kappa shape index (κ2) is 10.7. The summed E-state index contributed by atoms with van der Waals surface area (Å²) in [5, 5.41) is 6.61. The van der Waals surface area contributed by atoms with Crippen molar-refractivity contribution >= 4 is 35.8 Å². The summed E-state index contributed by atoms with van der Waals surface area (Å²) in [5.74, 6) is 1.93. The summed E-state index contributed by atoms with van der Waals surface area (Å²) in [6, 6.07) is 16.4. The third kappa shape index (κ3) is 5.44. The van der Waals surface area contributed by atoms with Gasteiger partial charge in [-0.3, -0.25) is 9.79 Å². The van der Waals surface area contributed by atoms with Crippen molar-refractivity contribution in [3.63, 3.8) is 0 Å². The van der Waals surface area contributed by atoms with Crippen LogP contribution in [0.1, 0.15) is 29.5 Å². The number of hydrogen-bond donors (Lipinski definition) is 2. The molecule has 0 spiro atoms. The van der Waals surface area contributed by atoms with Crippen LogP contribution in [0.15, 0.2) is 53.5 Å². The zero-order valence-corrected chi connectivity index (χ0v) is 19.6. The second-order valence-electron chi connectivity index (χ2n) is 7.55. The monoisotopic (exact) mass is 520 g/mol. The number of para-hydroxylation sites is 1. The average Bonchev–Trinajstić information content (AvgIpc) is 3.36. The molecule has 1 amide bonds. The van der Waals surface area contributed by atoms with Gasteiger partial charge in [-0.25, -0.2) is 0 Å². The first kappa shape index (κ1) is 22.4. The average molecular weight is 520 g/mol. The Morgan fingerprint density at radius 1 is 1.07 bits per heavy atom. The van der Waals surface area contributed by atoms with Gasteiger partial charge in [0.15, 0.2) is 5.96 Å². The van der Waals surface area contributed by atoms with Crippen molar-refractivity contribution in [1.29, 1.82) is 0 Å². The number of nitrogens with zero attached hydrogens (tertiary/aromatic N) is 2. The molecule has 1 unspecified atom stereocenters. The molecule has 160 valence electrons. The Morgan fingerprint density at radius 2 is 1.73 bits per heavy atom. The van der Waals surface area contributed by atoms with E-state index in [-0.39, 0.29) is 36.0 Å². The topological polar surface area (TPSA) is 66.0 Å². The fraction of sp³-hybridized carbons (Fsp3) is 0.391. The molecule has 2 heterocycles. The predicted molar refractivity (Wildman–Crippen MR) is 129 cm³/mol. The maximum absolute atomic E-state index is 12.5. The highest BCUT2D eigenvalue weighted by molar-refractivity contribution is 14.0. The molecule has 2 aliphatic rings. The minimum absolute atomic E-state index is 0. The summed E-state index contributed by atoms with van der Waals surface area (Å²) in [6.07, 6.45) is 2.34. The fourth-order valence-electron chi connectivity index (χ4n) is 3.91. The van der Waals surface area contributed by atoms with Crippen molar-refractivity contribution in [2.75, 3.05) is 20.1 Å². The number of rotatable bonds is 6. The Morgan fingerprint density at radius 3 is 2.40 bits per heavy atom. The van der Waals surface area contributed by atoms with Gasteiger partial charge in [0.25, 0.3) is 0 Å². The first-order valence-electron chi connectivity index (χ1n) is 10.3. The van der Waals surface area contributed by atoms with Crippen LogP contribution < -0.4 is 15.4 Å². The van der Waals surface area contributed by atoms with Crippen LogP contribution in [-0.4, -0.2) is 43.0 Å². The smallest absolute Gasteiger partial charge is 0.223 e. The zero-order chi connectivity index (χ0) is 20.1. The Hall–Kier alpha value is -2.29. The molecule has 0 aliphatic carbocycles. The summed E-state index contributed by atoms with van der Waals surface area (Å²) >= 11 is 0. The van der Waals surface area contributed by atoms with Crippen LogP contribution in [0.25, 0.3) is 0 Å². The molecule has 2 aromatic rings. The van der Waals surface area contributed by atoms with Crippen LogP contribution in [0.5, 0.6) is 5.75 Å². The largest absolute Gasteiger partial charge is 0.488 e. The molecule has 0 saturated carbocycles. The van der Waals surface area contributed by atoms with Gasteiger partial charge in [-0.05, 0) is 29.2 Å². The number of aliphatic imine (C=N–C) groups is 1. The van der Waals surface area contributed by atoms with E-state index in [1.807, 2.05) is 35.2 Å². The molecule has 4 rings (SSSR count). The lowest BCUT2D eigenvalue weighted by molar-refractivity contribution is -0.131. The summed E-state index contributed by atoms with van der Waals surface area (Å²) in [6.45, 7) is 2.86. The van der Waals surface area contributed by atoms with Crippen molar-refractivity contribution in [2.45, 2.75) is 38.5 Å².